The number of alkyl carbamates (subject to hydrolysis) is 1. The summed E-state index contributed by atoms with van der Waals surface area (Å²) in [6, 6.07) is 14.1. The fraction of sp³-hybridized carbons (Fsp3) is 0.105. The molecule has 1 aromatic heterocycles. The summed E-state index contributed by atoms with van der Waals surface area (Å²) in [6.07, 6.45) is 4.93. The number of carbonyl (C=O) groups excluding carboxylic acids is 1. The lowest BCUT2D eigenvalue weighted by Gasteiger charge is -2.11. The number of hydrogen-bond acceptors (Lipinski definition) is 6. The van der Waals surface area contributed by atoms with Crippen LogP contribution in [0.4, 0.5) is 16.2 Å². The van der Waals surface area contributed by atoms with Crippen molar-refractivity contribution >= 4 is 35.9 Å². The quantitative estimate of drug-likeness (QED) is 0.476. The molecule has 1 heterocycles. The minimum Gasteiger partial charge on any atom is -0.453 e. The standard InChI is InChI=1S/C19H19N5O2S/c1-20-18-11-16(7-8-17(18)22-12-23-19(25)26-2)27-15-5-3-14(4-6-15)24-10-9-21-13-24/h3-11,13,22H,1,12H2,2H3,(H,23,25). The number of nitrogens with zero attached hydrogens (tertiary/aromatic N) is 3. The largest absolute Gasteiger partial charge is 0.453 e. The van der Waals surface area contributed by atoms with Crippen molar-refractivity contribution < 1.29 is 9.53 Å². The lowest BCUT2D eigenvalue weighted by molar-refractivity contribution is 0.172. The van der Waals surface area contributed by atoms with Gasteiger partial charge in [-0.1, -0.05) is 11.8 Å². The summed E-state index contributed by atoms with van der Waals surface area (Å²) in [7, 11) is 1.32. The summed E-state index contributed by atoms with van der Waals surface area (Å²) in [5.74, 6) is 0. The lowest BCUT2D eigenvalue weighted by atomic mass is 10.2. The first kappa shape index (κ1) is 18.5. The summed E-state index contributed by atoms with van der Waals surface area (Å²) in [5, 5.41) is 5.64. The molecular weight excluding hydrogens is 362 g/mol. The Morgan fingerprint density at radius 3 is 2.70 bits per heavy atom. The molecule has 2 N–H and O–H groups in total. The third-order valence-electron chi connectivity index (χ3n) is 3.71. The van der Waals surface area contributed by atoms with Crippen LogP contribution in [0.25, 0.3) is 5.69 Å². The minimum absolute atomic E-state index is 0.234. The van der Waals surface area contributed by atoms with Gasteiger partial charge in [-0.05, 0) is 49.2 Å². The highest BCUT2D eigenvalue weighted by atomic mass is 32.2. The molecular formula is C19H19N5O2S. The van der Waals surface area contributed by atoms with E-state index in [9.17, 15) is 4.79 Å². The summed E-state index contributed by atoms with van der Waals surface area (Å²) >= 11 is 1.63. The lowest BCUT2D eigenvalue weighted by Crippen LogP contribution is -2.28. The predicted molar refractivity (Wildman–Crippen MR) is 107 cm³/mol. The molecule has 3 aromatic rings. The number of ether oxygens (including phenoxy) is 1. The Hall–Kier alpha value is -3.26. The Morgan fingerprint density at radius 2 is 2.04 bits per heavy atom. The van der Waals surface area contributed by atoms with Crippen molar-refractivity contribution in [2.75, 3.05) is 19.1 Å². The maximum Gasteiger partial charge on any atom is 0.408 e. The fourth-order valence-corrected chi connectivity index (χ4v) is 3.22. The van der Waals surface area contributed by atoms with Gasteiger partial charge in [0.05, 0.1) is 31.5 Å². The average molecular weight is 381 g/mol. The van der Waals surface area contributed by atoms with Crippen molar-refractivity contribution in [3.05, 3.63) is 61.2 Å². The second-order valence-electron chi connectivity index (χ2n) is 5.42. The van der Waals surface area contributed by atoms with Crippen molar-refractivity contribution in [3.8, 4) is 5.69 Å². The summed E-state index contributed by atoms with van der Waals surface area (Å²) in [6.45, 7) is 3.85. The Morgan fingerprint density at radius 1 is 1.26 bits per heavy atom. The molecule has 0 radical (unpaired) electrons. The van der Waals surface area contributed by atoms with Crippen molar-refractivity contribution in [2.24, 2.45) is 4.99 Å². The molecule has 0 fully saturated rings. The zero-order valence-corrected chi connectivity index (χ0v) is 15.6. The fourth-order valence-electron chi connectivity index (χ4n) is 2.37. The monoisotopic (exact) mass is 381 g/mol. The van der Waals surface area contributed by atoms with Crippen LogP contribution in [0.3, 0.4) is 0 Å². The molecule has 138 valence electrons. The number of carbonyl (C=O) groups is 1. The van der Waals surface area contributed by atoms with E-state index in [0.717, 1.165) is 21.2 Å². The molecule has 0 aliphatic carbocycles. The van der Waals surface area contributed by atoms with E-state index in [1.54, 1.807) is 24.3 Å². The van der Waals surface area contributed by atoms with Crippen molar-refractivity contribution in [3.63, 3.8) is 0 Å². The molecule has 7 nitrogen and oxygen atoms in total. The van der Waals surface area contributed by atoms with Gasteiger partial charge >= 0.3 is 6.09 Å². The number of benzene rings is 2. The number of nitrogens with one attached hydrogen (secondary N) is 2. The van der Waals surface area contributed by atoms with Crippen LogP contribution < -0.4 is 10.6 Å². The van der Waals surface area contributed by atoms with Crippen molar-refractivity contribution in [2.45, 2.75) is 9.79 Å². The Kier molecular flexibility index (Phi) is 6.11. The number of rotatable bonds is 7. The van der Waals surface area contributed by atoms with Gasteiger partial charge in [-0.25, -0.2) is 9.78 Å². The molecule has 0 unspecified atom stereocenters. The van der Waals surface area contributed by atoms with E-state index in [-0.39, 0.29) is 6.67 Å². The zero-order valence-electron chi connectivity index (χ0n) is 14.8. The van der Waals surface area contributed by atoms with Gasteiger partial charge in [-0.15, -0.1) is 0 Å². The molecule has 0 spiro atoms. The maximum atomic E-state index is 11.1. The molecule has 0 atom stereocenters. The number of methoxy groups -OCH3 is 1. The summed E-state index contributed by atoms with van der Waals surface area (Å²) in [4.78, 5) is 21.4. The number of amides is 1. The van der Waals surface area contributed by atoms with Crippen LogP contribution in [-0.4, -0.2) is 36.1 Å². The molecule has 0 bridgehead atoms. The van der Waals surface area contributed by atoms with Crippen molar-refractivity contribution in [1.82, 2.24) is 14.9 Å². The third-order valence-corrected chi connectivity index (χ3v) is 4.71. The molecule has 0 saturated heterocycles. The van der Waals surface area contributed by atoms with Crippen LogP contribution in [0.2, 0.25) is 0 Å². The topological polar surface area (TPSA) is 80.5 Å². The highest BCUT2D eigenvalue weighted by molar-refractivity contribution is 7.99. The Labute approximate surface area is 161 Å². The van der Waals surface area contributed by atoms with Gasteiger partial charge in [0.1, 0.15) is 0 Å². The van der Waals surface area contributed by atoms with Crippen LogP contribution in [0.15, 0.2) is 76.0 Å². The van der Waals surface area contributed by atoms with E-state index < -0.39 is 6.09 Å². The molecule has 27 heavy (non-hydrogen) atoms. The van der Waals surface area contributed by atoms with E-state index in [1.165, 1.54) is 7.11 Å². The molecule has 0 aliphatic rings. The zero-order chi connectivity index (χ0) is 19.1. The van der Waals surface area contributed by atoms with Gasteiger partial charge in [0.2, 0.25) is 0 Å². The Balaban J connectivity index is 1.66. The number of aliphatic imine (C=N–C) groups is 1. The van der Waals surface area contributed by atoms with Gasteiger partial charge in [0, 0.05) is 27.9 Å². The second-order valence-corrected chi connectivity index (χ2v) is 6.57. The first-order valence-electron chi connectivity index (χ1n) is 8.12. The number of anilines is 1. The summed E-state index contributed by atoms with van der Waals surface area (Å²) < 4.78 is 6.48. The van der Waals surface area contributed by atoms with Gasteiger partial charge in [-0.2, -0.15) is 0 Å². The first-order valence-corrected chi connectivity index (χ1v) is 8.94. The van der Waals surface area contributed by atoms with Gasteiger partial charge < -0.3 is 19.9 Å². The van der Waals surface area contributed by atoms with E-state index >= 15 is 0 Å². The molecule has 0 aliphatic heterocycles. The molecule has 3 rings (SSSR count). The highest BCUT2D eigenvalue weighted by Gasteiger charge is 2.05. The van der Waals surface area contributed by atoms with E-state index in [2.05, 4.69) is 44.2 Å². The predicted octanol–water partition coefficient (Wildman–Crippen LogP) is 4.08. The molecule has 1 amide bonds. The van der Waals surface area contributed by atoms with Crippen LogP contribution in [0.1, 0.15) is 0 Å². The third kappa shape index (κ3) is 4.89. The SMILES string of the molecule is C=Nc1cc(Sc2ccc(-n3ccnc3)cc2)ccc1NCNC(=O)OC. The maximum absolute atomic E-state index is 11.1. The van der Waals surface area contributed by atoms with Crippen LogP contribution in [0.5, 0.6) is 0 Å². The van der Waals surface area contributed by atoms with Crippen molar-refractivity contribution in [1.29, 1.82) is 0 Å². The van der Waals surface area contributed by atoms with Gasteiger partial charge in [0.25, 0.3) is 0 Å². The minimum atomic E-state index is -0.498. The normalized spacial score (nSPS) is 10.3. The number of imidazole rings is 1. The number of aromatic nitrogens is 2. The van der Waals surface area contributed by atoms with E-state index in [0.29, 0.717) is 5.69 Å². The second kappa shape index (κ2) is 8.91. The molecule has 8 heteroatoms. The van der Waals surface area contributed by atoms with E-state index in [4.69, 9.17) is 0 Å². The number of hydrogen-bond donors (Lipinski definition) is 2. The average Bonchev–Trinajstić information content (AvgIpc) is 3.24. The van der Waals surface area contributed by atoms with E-state index in [1.807, 2.05) is 41.1 Å². The molecule has 2 aromatic carbocycles. The first-order chi connectivity index (χ1) is 13.2. The van der Waals surface area contributed by atoms with Crippen LogP contribution in [0, 0.1) is 0 Å². The van der Waals surface area contributed by atoms with Gasteiger partial charge in [-0.3, -0.25) is 4.99 Å². The van der Waals surface area contributed by atoms with Crippen LogP contribution >= 0.6 is 11.8 Å². The van der Waals surface area contributed by atoms with Crippen LogP contribution in [-0.2, 0) is 4.74 Å². The summed E-state index contributed by atoms with van der Waals surface area (Å²) in [5.41, 5.74) is 2.55. The molecule has 0 saturated carbocycles. The Bertz CT molecular complexity index is 910. The van der Waals surface area contributed by atoms with Gasteiger partial charge in [0.15, 0.2) is 0 Å². The smallest absolute Gasteiger partial charge is 0.408 e. The highest BCUT2D eigenvalue weighted by Crippen LogP contribution is 2.34.